The van der Waals surface area contributed by atoms with Gasteiger partial charge in [0, 0.05) is 32.6 Å². The lowest BCUT2D eigenvalue weighted by Crippen LogP contribution is -2.37. The summed E-state index contributed by atoms with van der Waals surface area (Å²) in [7, 11) is 0. The Bertz CT molecular complexity index is 1200. The number of carbonyl (C=O) groups is 1. The number of benzene rings is 2. The van der Waals surface area contributed by atoms with Gasteiger partial charge in [-0.2, -0.15) is 0 Å². The average Bonchev–Trinajstić information content (AvgIpc) is 3.30. The van der Waals surface area contributed by atoms with E-state index in [2.05, 4.69) is 10.2 Å². The quantitative estimate of drug-likeness (QED) is 0.642. The Kier molecular flexibility index (Phi) is 5.66. The molecular formula is C24H26N4O4. The predicted octanol–water partition coefficient (Wildman–Crippen LogP) is 2.82. The number of nitrogens with zero attached hydrogens (tertiary/aromatic N) is 3. The first-order chi connectivity index (χ1) is 15.7. The molecule has 5 rings (SSSR count). The predicted molar refractivity (Wildman–Crippen MR) is 121 cm³/mol. The fourth-order valence-electron chi connectivity index (χ4n) is 4.25. The Labute approximate surface area is 185 Å². The van der Waals surface area contributed by atoms with Crippen LogP contribution in [0.3, 0.4) is 0 Å². The number of anilines is 1. The van der Waals surface area contributed by atoms with Gasteiger partial charge in [-0.25, -0.2) is 4.98 Å². The molecule has 0 unspecified atom stereocenters. The van der Waals surface area contributed by atoms with Gasteiger partial charge < -0.3 is 19.7 Å². The van der Waals surface area contributed by atoms with Gasteiger partial charge in [0.15, 0.2) is 11.5 Å². The number of para-hydroxylation sites is 1. The Morgan fingerprint density at radius 3 is 2.72 bits per heavy atom. The smallest absolute Gasteiger partial charge is 0.262 e. The number of hydrogen-bond donors (Lipinski definition) is 1. The largest absolute Gasteiger partial charge is 0.454 e. The molecule has 0 saturated carbocycles. The Hall–Kier alpha value is -3.55. The molecule has 0 radical (unpaired) electrons. The highest BCUT2D eigenvalue weighted by Crippen LogP contribution is 2.32. The third kappa shape index (κ3) is 4.12. The maximum atomic E-state index is 13.2. The zero-order valence-corrected chi connectivity index (χ0v) is 17.9. The van der Waals surface area contributed by atoms with Crippen LogP contribution in [0.15, 0.2) is 47.3 Å². The lowest BCUT2D eigenvalue weighted by molar-refractivity contribution is -0.121. The summed E-state index contributed by atoms with van der Waals surface area (Å²) >= 11 is 0. The van der Waals surface area contributed by atoms with Crippen LogP contribution in [0.5, 0.6) is 11.5 Å². The molecule has 32 heavy (non-hydrogen) atoms. The van der Waals surface area contributed by atoms with E-state index in [4.69, 9.17) is 14.5 Å². The van der Waals surface area contributed by atoms with E-state index in [0.29, 0.717) is 34.9 Å². The van der Waals surface area contributed by atoms with E-state index in [1.807, 2.05) is 36.4 Å². The van der Waals surface area contributed by atoms with Gasteiger partial charge in [-0.15, -0.1) is 0 Å². The minimum absolute atomic E-state index is 0.0975. The fourth-order valence-corrected chi connectivity index (χ4v) is 4.25. The Balaban J connectivity index is 1.31. The third-order valence-electron chi connectivity index (χ3n) is 5.97. The number of hydrogen-bond acceptors (Lipinski definition) is 6. The van der Waals surface area contributed by atoms with E-state index in [0.717, 1.165) is 31.5 Å². The zero-order valence-electron chi connectivity index (χ0n) is 17.9. The molecule has 1 amide bonds. The van der Waals surface area contributed by atoms with E-state index < -0.39 is 0 Å². The summed E-state index contributed by atoms with van der Waals surface area (Å²) in [5, 5.41) is 3.51. The molecule has 2 aromatic carbocycles. The summed E-state index contributed by atoms with van der Waals surface area (Å²) in [6, 6.07) is 13.0. The van der Waals surface area contributed by atoms with E-state index >= 15 is 0 Å². The van der Waals surface area contributed by atoms with Crippen molar-refractivity contribution in [2.24, 2.45) is 0 Å². The van der Waals surface area contributed by atoms with Crippen molar-refractivity contribution < 1.29 is 14.3 Å². The van der Waals surface area contributed by atoms with E-state index in [-0.39, 0.29) is 31.2 Å². The molecule has 3 aromatic rings. The minimum Gasteiger partial charge on any atom is -0.454 e. The van der Waals surface area contributed by atoms with Gasteiger partial charge in [0.2, 0.25) is 18.6 Å². The molecule has 0 bridgehead atoms. The van der Waals surface area contributed by atoms with Crippen molar-refractivity contribution in [1.29, 1.82) is 0 Å². The molecule has 1 N–H and O–H groups in total. The topological polar surface area (TPSA) is 85.7 Å². The molecule has 1 saturated heterocycles. The summed E-state index contributed by atoms with van der Waals surface area (Å²) in [5.41, 5.74) is 1.53. The normalized spacial score (nSPS) is 15.2. The molecule has 8 nitrogen and oxygen atoms in total. The van der Waals surface area contributed by atoms with Crippen molar-refractivity contribution in [2.75, 3.05) is 24.8 Å². The molecule has 2 aliphatic heterocycles. The third-order valence-corrected chi connectivity index (χ3v) is 5.97. The standard InChI is InChI=1S/C24H26N4O4/c29-22(25-15-17-8-9-20-21(14-17)32-16-31-20)10-13-28-23(30)18-6-2-3-7-19(18)26-24(28)27-11-4-1-5-12-27/h2-3,6-9,14H,1,4-5,10-13,15-16H2,(H,25,29). The molecule has 166 valence electrons. The van der Waals surface area contributed by atoms with Gasteiger partial charge in [-0.3, -0.25) is 14.2 Å². The van der Waals surface area contributed by atoms with Crippen LogP contribution in [-0.2, 0) is 17.9 Å². The van der Waals surface area contributed by atoms with Gasteiger partial charge in [0.25, 0.3) is 5.56 Å². The number of carbonyl (C=O) groups excluding carboxylic acids is 1. The summed E-state index contributed by atoms with van der Waals surface area (Å²) in [4.78, 5) is 32.8. The molecule has 2 aliphatic rings. The summed E-state index contributed by atoms with van der Waals surface area (Å²) in [5.74, 6) is 1.95. The molecule has 8 heteroatoms. The van der Waals surface area contributed by atoms with Crippen LogP contribution in [0.25, 0.3) is 10.9 Å². The first-order valence-electron chi connectivity index (χ1n) is 11.1. The molecule has 1 aromatic heterocycles. The van der Waals surface area contributed by atoms with Crippen molar-refractivity contribution in [3.8, 4) is 11.5 Å². The van der Waals surface area contributed by atoms with Crippen molar-refractivity contribution in [3.63, 3.8) is 0 Å². The van der Waals surface area contributed by atoms with Gasteiger partial charge in [0.05, 0.1) is 10.9 Å². The van der Waals surface area contributed by atoms with Crippen LogP contribution in [0.2, 0.25) is 0 Å². The second-order valence-electron chi connectivity index (χ2n) is 8.15. The summed E-state index contributed by atoms with van der Waals surface area (Å²) in [6.45, 7) is 2.65. The van der Waals surface area contributed by atoms with Crippen LogP contribution < -0.4 is 25.2 Å². The van der Waals surface area contributed by atoms with E-state index in [9.17, 15) is 9.59 Å². The molecule has 0 spiro atoms. The maximum Gasteiger partial charge on any atom is 0.262 e. The van der Waals surface area contributed by atoms with Crippen LogP contribution in [0.1, 0.15) is 31.2 Å². The van der Waals surface area contributed by atoms with Crippen LogP contribution >= 0.6 is 0 Å². The first-order valence-corrected chi connectivity index (χ1v) is 11.1. The Morgan fingerprint density at radius 2 is 1.84 bits per heavy atom. The second kappa shape index (κ2) is 8.90. The van der Waals surface area contributed by atoms with Crippen molar-refractivity contribution >= 4 is 22.8 Å². The first kappa shape index (κ1) is 20.4. The minimum atomic E-state index is -0.118. The van der Waals surface area contributed by atoms with E-state index in [1.165, 1.54) is 6.42 Å². The summed E-state index contributed by atoms with van der Waals surface area (Å²) < 4.78 is 12.4. The number of rotatable bonds is 6. The van der Waals surface area contributed by atoms with Crippen molar-refractivity contribution in [2.45, 2.75) is 38.8 Å². The maximum absolute atomic E-state index is 13.2. The molecule has 1 fully saturated rings. The SMILES string of the molecule is O=C(CCn1c(N2CCCCC2)nc2ccccc2c1=O)NCc1ccc2c(c1)OCO2. The lowest BCUT2D eigenvalue weighted by Gasteiger charge is -2.29. The highest BCUT2D eigenvalue weighted by atomic mass is 16.7. The average molecular weight is 434 g/mol. The number of aromatic nitrogens is 2. The van der Waals surface area contributed by atoms with Crippen molar-refractivity contribution in [3.05, 3.63) is 58.4 Å². The summed E-state index contributed by atoms with van der Waals surface area (Å²) in [6.07, 6.45) is 3.55. The number of ether oxygens (including phenoxy) is 2. The van der Waals surface area contributed by atoms with Gasteiger partial charge >= 0.3 is 0 Å². The number of nitrogens with one attached hydrogen (secondary N) is 1. The van der Waals surface area contributed by atoms with Crippen LogP contribution in [-0.4, -0.2) is 35.3 Å². The highest BCUT2D eigenvalue weighted by Gasteiger charge is 2.20. The second-order valence-corrected chi connectivity index (χ2v) is 8.15. The van der Waals surface area contributed by atoms with Gasteiger partial charge in [-0.1, -0.05) is 18.2 Å². The molecule has 3 heterocycles. The van der Waals surface area contributed by atoms with E-state index in [1.54, 1.807) is 10.6 Å². The lowest BCUT2D eigenvalue weighted by atomic mass is 10.1. The highest BCUT2D eigenvalue weighted by molar-refractivity contribution is 5.79. The number of amides is 1. The molecule has 0 aliphatic carbocycles. The van der Waals surface area contributed by atoms with Crippen LogP contribution in [0.4, 0.5) is 5.95 Å². The zero-order chi connectivity index (χ0) is 21.9. The van der Waals surface area contributed by atoms with Gasteiger partial charge in [0.1, 0.15) is 0 Å². The number of fused-ring (bicyclic) bond motifs is 2. The Morgan fingerprint density at radius 1 is 1.03 bits per heavy atom. The molecular weight excluding hydrogens is 408 g/mol. The van der Waals surface area contributed by atoms with Gasteiger partial charge in [-0.05, 0) is 49.1 Å². The fraction of sp³-hybridized carbons (Fsp3) is 0.375. The molecule has 0 atom stereocenters. The van der Waals surface area contributed by atoms with Crippen LogP contribution in [0, 0.1) is 0 Å². The monoisotopic (exact) mass is 434 g/mol. The van der Waals surface area contributed by atoms with Crippen molar-refractivity contribution in [1.82, 2.24) is 14.9 Å². The number of piperidine rings is 1.